The molecule has 2 rings (SSSR count). The molecule has 6 nitrogen and oxygen atoms in total. The molecule has 0 aliphatic heterocycles. The monoisotopic (exact) mass is 427 g/mol. The number of nitrogens with one attached hydrogen (secondary N) is 1. The van der Waals surface area contributed by atoms with Crippen LogP contribution in [0.15, 0.2) is 18.2 Å². The Labute approximate surface area is 179 Å². The average molecular weight is 428 g/mol. The van der Waals surface area contributed by atoms with Gasteiger partial charge in [0.25, 0.3) is 0 Å². The number of benzene rings is 1. The molecule has 0 aliphatic carbocycles. The molecular formula is C20H30ClN3O3S. The van der Waals surface area contributed by atoms with Gasteiger partial charge in [-0.05, 0) is 24.6 Å². The third-order valence-electron chi connectivity index (χ3n) is 4.32. The second kappa shape index (κ2) is 12.7. The average Bonchev–Trinajstić information content (AvgIpc) is 2.70. The van der Waals surface area contributed by atoms with Gasteiger partial charge < -0.3 is 14.2 Å². The van der Waals surface area contributed by atoms with Crippen LogP contribution < -0.4 is 18.9 Å². The van der Waals surface area contributed by atoms with Crippen LogP contribution in [0, 0.1) is 0 Å². The van der Waals surface area contributed by atoms with E-state index in [1.54, 1.807) is 21.3 Å². The Balaban J connectivity index is 0.00000392. The van der Waals surface area contributed by atoms with Crippen molar-refractivity contribution in [3.8, 4) is 28.5 Å². The number of hydrogen-bond donors (Lipinski definition) is 2. The van der Waals surface area contributed by atoms with E-state index in [1.807, 2.05) is 18.2 Å². The van der Waals surface area contributed by atoms with E-state index in [9.17, 15) is 0 Å². The predicted molar refractivity (Wildman–Crippen MR) is 118 cm³/mol. The lowest BCUT2D eigenvalue weighted by molar-refractivity contribution is 0.325. The van der Waals surface area contributed by atoms with Crippen molar-refractivity contribution in [3.63, 3.8) is 0 Å². The van der Waals surface area contributed by atoms with Crippen LogP contribution >= 0.6 is 25.2 Å². The van der Waals surface area contributed by atoms with Crippen LogP contribution in [0.1, 0.15) is 44.1 Å². The summed E-state index contributed by atoms with van der Waals surface area (Å²) in [6.07, 6.45) is 5.55. The van der Waals surface area contributed by atoms with Gasteiger partial charge in [-0.15, -0.1) is 12.4 Å². The summed E-state index contributed by atoms with van der Waals surface area (Å²) in [6, 6.07) is 5.74. The molecule has 156 valence electrons. The molecule has 1 aromatic heterocycles. The number of halogens is 1. The van der Waals surface area contributed by atoms with Crippen molar-refractivity contribution in [1.29, 1.82) is 0 Å². The molecule has 1 heterocycles. The Morgan fingerprint density at radius 1 is 0.964 bits per heavy atom. The van der Waals surface area contributed by atoms with Crippen LogP contribution in [-0.2, 0) is 13.0 Å². The smallest absolute Gasteiger partial charge is 0.203 e. The molecule has 8 heteroatoms. The van der Waals surface area contributed by atoms with Gasteiger partial charge in [-0.1, -0.05) is 39.0 Å². The molecule has 0 fully saturated rings. The zero-order chi connectivity index (χ0) is 19.6. The molecule has 0 unspecified atom stereocenters. The Bertz CT molecular complexity index is 747. The molecule has 0 bridgehead atoms. The van der Waals surface area contributed by atoms with E-state index in [2.05, 4.69) is 29.4 Å². The highest BCUT2D eigenvalue weighted by atomic mass is 35.5. The number of ether oxygens (including phenoxy) is 3. The first-order chi connectivity index (χ1) is 13.2. The maximum absolute atomic E-state index is 5.62. The highest BCUT2D eigenvalue weighted by molar-refractivity contribution is 7.78. The number of aromatic nitrogens is 2. The first-order valence-corrected chi connectivity index (χ1v) is 9.66. The van der Waals surface area contributed by atoms with Crippen LogP contribution in [0.3, 0.4) is 0 Å². The van der Waals surface area contributed by atoms with E-state index < -0.39 is 0 Å². The van der Waals surface area contributed by atoms with Gasteiger partial charge in [0.15, 0.2) is 11.5 Å². The molecule has 0 spiro atoms. The second-order valence-electron chi connectivity index (χ2n) is 6.19. The van der Waals surface area contributed by atoms with E-state index in [0.717, 1.165) is 35.6 Å². The summed E-state index contributed by atoms with van der Waals surface area (Å²) >= 11 is 4.11. The molecule has 1 N–H and O–H groups in total. The lowest BCUT2D eigenvalue weighted by atomic mass is 10.1. The predicted octanol–water partition coefficient (Wildman–Crippen LogP) is 4.65. The minimum atomic E-state index is 0. The van der Waals surface area contributed by atoms with Crippen LogP contribution in [0.2, 0.25) is 0 Å². The molecule has 0 radical (unpaired) electrons. The summed E-state index contributed by atoms with van der Waals surface area (Å²) in [4.78, 5) is 9.44. The fraction of sp³-hybridized carbons (Fsp3) is 0.500. The fourth-order valence-corrected chi connectivity index (χ4v) is 3.15. The minimum absolute atomic E-state index is 0. The first-order valence-electron chi connectivity index (χ1n) is 9.21. The molecule has 1 aromatic carbocycles. The highest BCUT2D eigenvalue weighted by Crippen LogP contribution is 2.43. The van der Waals surface area contributed by atoms with Gasteiger partial charge in [-0.2, -0.15) is 0 Å². The maximum Gasteiger partial charge on any atom is 0.203 e. The third-order valence-corrected chi connectivity index (χ3v) is 4.48. The zero-order valence-electron chi connectivity index (χ0n) is 16.9. The maximum atomic E-state index is 5.62. The number of rotatable bonds is 11. The van der Waals surface area contributed by atoms with Gasteiger partial charge in [0.05, 0.1) is 32.7 Å². The number of unbranched alkanes of at least 4 members (excludes halogenated alkanes) is 3. The molecular weight excluding hydrogens is 398 g/mol. The standard InChI is InChI=1S/C20H29N3O3S.ClH/c1-5-6-7-8-9-18-22-14(13-21-27)12-16(23-18)15-10-11-17(24-2)20(26-4)19(15)25-3;/h10-12,21,27H,5-9,13H2,1-4H3;1H. The zero-order valence-corrected chi connectivity index (χ0v) is 18.7. The Morgan fingerprint density at radius 2 is 1.71 bits per heavy atom. The normalized spacial score (nSPS) is 10.3. The van der Waals surface area contributed by atoms with Gasteiger partial charge >= 0.3 is 0 Å². The first kappa shape index (κ1) is 24.3. The topological polar surface area (TPSA) is 65.5 Å². The Hall–Kier alpha value is -1.70. The summed E-state index contributed by atoms with van der Waals surface area (Å²) in [7, 11) is 4.82. The number of hydrogen-bond acceptors (Lipinski definition) is 7. The van der Waals surface area contributed by atoms with E-state index in [1.165, 1.54) is 19.3 Å². The van der Waals surface area contributed by atoms with Crippen molar-refractivity contribution in [2.24, 2.45) is 0 Å². The Kier molecular flexibility index (Phi) is 11.0. The van der Waals surface area contributed by atoms with Crippen LogP contribution in [-0.4, -0.2) is 31.3 Å². The van der Waals surface area contributed by atoms with Gasteiger partial charge in [0, 0.05) is 18.5 Å². The third kappa shape index (κ3) is 6.15. The van der Waals surface area contributed by atoms with E-state index in [4.69, 9.17) is 19.2 Å². The quantitative estimate of drug-likeness (QED) is 0.402. The molecule has 0 amide bonds. The summed E-state index contributed by atoms with van der Waals surface area (Å²) in [5.74, 6) is 2.59. The molecule has 0 saturated heterocycles. The van der Waals surface area contributed by atoms with Gasteiger partial charge in [0.2, 0.25) is 5.75 Å². The molecule has 0 atom stereocenters. The van der Waals surface area contributed by atoms with Crippen LogP contribution in [0.5, 0.6) is 17.2 Å². The highest BCUT2D eigenvalue weighted by Gasteiger charge is 2.19. The molecule has 2 aromatic rings. The number of nitrogens with zero attached hydrogens (tertiary/aromatic N) is 2. The summed E-state index contributed by atoms with van der Waals surface area (Å²) < 4.78 is 19.4. The lowest BCUT2D eigenvalue weighted by Gasteiger charge is -2.16. The largest absolute Gasteiger partial charge is 0.493 e. The van der Waals surface area contributed by atoms with Crippen molar-refractivity contribution >= 4 is 25.2 Å². The SMILES string of the molecule is CCCCCCc1nc(CNS)cc(-c2ccc(OC)c(OC)c2OC)n1.Cl. The van der Waals surface area contributed by atoms with Gasteiger partial charge in [-0.3, -0.25) is 4.72 Å². The molecule has 0 aliphatic rings. The minimum Gasteiger partial charge on any atom is -0.493 e. The van der Waals surface area contributed by atoms with Gasteiger partial charge in [0.1, 0.15) is 5.82 Å². The van der Waals surface area contributed by atoms with Crippen LogP contribution in [0.4, 0.5) is 0 Å². The number of thiol groups is 1. The summed E-state index contributed by atoms with van der Waals surface area (Å²) in [5, 5.41) is 0. The van der Waals surface area contributed by atoms with Crippen molar-refractivity contribution in [1.82, 2.24) is 14.7 Å². The number of methoxy groups -OCH3 is 3. The second-order valence-corrected chi connectivity index (χ2v) is 6.50. The van der Waals surface area contributed by atoms with Crippen molar-refractivity contribution in [2.75, 3.05) is 21.3 Å². The van der Waals surface area contributed by atoms with Crippen molar-refractivity contribution < 1.29 is 14.2 Å². The van der Waals surface area contributed by atoms with E-state index in [0.29, 0.717) is 23.8 Å². The van der Waals surface area contributed by atoms with Crippen molar-refractivity contribution in [2.45, 2.75) is 45.6 Å². The summed E-state index contributed by atoms with van der Waals surface area (Å²) in [6.45, 7) is 2.76. The van der Waals surface area contributed by atoms with Crippen molar-refractivity contribution in [3.05, 3.63) is 29.7 Å². The Morgan fingerprint density at radius 3 is 2.32 bits per heavy atom. The van der Waals surface area contributed by atoms with E-state index in [-0.39, 0.29) is 12.4 Å². The van der Waals surface area contributed by atoms with Gasteiger partial charge in [-0.25, -0.2) is 9.97 Å². The number of aryl methyl sites for hydroxylation is 1. The molecule has 28 heavy (non-hydrogen) atoms. The fourth-order valence-electron chi connectivity index (χ4n) is 2.99. The van der Waals surface area contributed by atoms with Crippen LogP contribution in [0.25, 0.3) is 11.3 Å². The summed E-state index contributed by atoms with van der Waals surface area (Å²) in [5.41, 5.74) is 2.52. The molecule has 0 saturated carbocycles. The lowest BCUT2D eigenvalue weighted by Crippen LogP contribution is -2.07. The van der Waals surface area contributed by atoms with E-state index >= 15 is 0 Å².